The number of allylic oxidation sites excluding steroid dienone is 1. The molecule has 0 unspecified atom stereocenters. The maximum absolute atomic E-state index is 12.4. The summed E-state index contributed by atoms with van der Waals surface area (Å²) in [6, 6.07) is 1.86. The number of nitrogens with zero attached hydrogens (tertiary/aromatic N) is 2. The normalized spacial score (nSPS) is 28.9. The van der Waals surface area contributed by atoms with Crippen LogP contribution >= 0.6 is 0 Å². The summed E-state index contributed by atoms with van der Waals surface area (Å²) >= 11 is 0. The molecule has 0 radical (unpaired) electrons. The van der Waals surface area contributed by atoms with Gasteiger partial charge in [-0.3, -0.25) is 9.69 Å². The van der Waals surface area contributed by atoms with Crippen LogP contribution in [0.5, 0.6) is 0 Å². The second-order valence-electron chi connectivity index (χ2n) is 6.26. The summed E-state index contributed by atoms with van der Waals surface area (Å²) in [7, 11) is 0. The van der Waals surface area contributed by atoms with Crippen LogP contribution in [0.4, 0.5) is 0 Å². The molecule has 2 rings (SSSR count). The summed E-state index contributed by atoms with van der Waals surface area (Å²) in [5.74, 6) is 0.248. The van der Waals surface area contributed by atoms with E-state index in [2.05, 4.69) is 30.6 Å². The van der Waals surface area contributed by atoms with Gasteiger partial charge < -0.3 is 4.90 Å². The summed E-state index contributed by atoms with van der Waals surface area (Å²) in [4.78, 5) is 17.2. The number of amides is 1. The lowest BCUT2D eigenvalue weighted by Gasteiger charge is -2.32. The van der Waals surface area contributed by atoms with Gasteiger partial charge >= 0.3 is 0 Å². The van der Waals surface area contributed by atoms with E-state index >= 15 is 0 Å². The minimum atomic E-state index is 0.248. The second kappa shape index (κ2) is 6.08. The minimum absolute atomic E-state index is 0.248. The zero-order chi connectivity index (χ0) is 14.0. The van der Waals surface area contributed by atoms with E-state index in [1.807, 2.05) is 13.0 Å². The predicted octanol–water partition coefficient (Wildman–Crippen LogP) is 2.82. The van der Waals surface area contributed by atoms with E-state index < -0.39 is 0 Å². The highest BCUT2D eigenvalue weighted by Crippen LogP contribution is 2.32. The topological polar surface area (TPSA) is 23.6 Å². The molecule has 2 bridgehead atoms. The first-order valence-electron chi connectivity index (χ1n) is 7.78. The lowest BCUT2D eigenvalue weighted by molar-refractivity contribution is -0.127. The molecule has 0 saturated carbocycles. The number of carbonyl (C=O) groups excluding carboxylic acids is 1. The molecule has 2 aliphatic heterocycles. The van der Waals surface area contributed by atoms with E-state index in [0.717, 1.165) is 31.5 Å². The Morgan fingerprint density at radius 2 is 1.95 bits per heavy atom. The number of hydrogen-bond acceptors (Lipinski definition) is 2. The van der Waals surface area contributed by atoms with Crippen LogP contribution in [0.25, 0.3) is 0 Å². The summed E-state index contributed by atoms with van der Waals surface area (Å²) in [6.07, 6.45) is 6.69. The van der Waals surface area contributed by atoms with Crippen molar-refractivity contribution < 1.29 is 4.79 Å². The Bertz CT molecular complexity index is 362. The van der Waals surface area contributed by atoms with Gasteiger partial charge in [-0.25, -0.2) is 0 Å². The summed E-state index contributed by atoms with van der Waals surface area (Å²) in [6.45, 7) is 10.5. The smallest absolute Gasteiger partial charge is 0.249 e. The van der Waals surface area contributed by atoms with Crippen LogP contribution in [0, 0.1) is 0 Å². The van der Waals surface area contributed by atoms with Crippen molar-refractivity contribution in [1.29, 1.82) is 0 Å². The molecule has 1 amide bonds. The number of rotatable bonds is 3. The molecule has 0 aromatic carbocycles. The van der Waals surface area contributed by atoms with Crippen molar-refractivity contribution in [2.45, 2.75) is 71.5 Å². The summed E-state index contributed by atoms with van der Waals surface area (Å²) in [5, 5.41) is 0. The van der Waals surface area contributed by atoms with Crippen molar-refractivity contribution in [3.05, 3.63) is 11.6 Å². The average molecular weight is 264 g/mol. The molecule has 19 heavy (non-hydrogen) atoms. The number of likely N-dealkylation sites (tertiary alicyclic amines) is 1. The zero-order valence-corrected chi connectivity index (χ0v) is 12.9. The fraction of sp³-hybridized carbons (Fsp3) is 0.812. The van der Waals surface area contributed by atoms with Gasteiger partial charge in [0.1, 0.15) is 0 Å². The molecule has 0 spiro atoms. The average Bonchev–Trinajstić information content (AvgIpc) is 2.64. The first-order chi connectivity index (χ1) is 9.04. The van der Waals surface area contributed by atoms with Crippen LogP contribution in [0.1, 0.15) is 53.4 Å². The maximum atomic E-state index is 12.4. The van der Waals surface area contributed by atoms with Crippen molar-refractivity contribution in [2.24, 2.45) is 0 Å². The Hall–Kier alpha value is -0.830. The largest absolute Gasteiger partial charge is 0.337 e. The van der Waals surface area contributed by atoms with Crippen molar-refractivity contribution >= 4 is 5.91 Å². The fourth-order valence-electron chi connectivity index (χ4n) is 3.78. The van der Waals surface area contributed by atoms with Crippen molar-refractivity contribution in [3.63, 3.8) is 0 Å². The SMILES string of the molecule is CC/C=C(\C)C(=O)N1CC[C@H]2CC[C@@H](C1)N2C(C)C. The third kappa shape index (κ3) is 3.02. The third-order valence-electron chi connectivity index (χ3n) is 4.57. The van der Waals surface area contributed by atoms with Crippen LogP contribution in [0.3, 0.4) is 0 Å². The monoisotopic (exact) mass is 264 g/mol. The predicted molar refractivity (Wildman–Crippen MR) is 79.0 cm³/mol. The van der Waals surface area contributed by atoms with Gasteiger partial charge in [0.05, 0.1) is 0 Å². The standard InChI is InChI=1S/C16H28N2O/c1-5-6-13(4)16(19)17-10-9-14-7-8-15(11-17)18(14)12(2)3/h6,12,14-15H,5,7-11H2,1-4H3/b13-6+/t14-,15+/m1/s1. The van der Waals surface area contributed by atoms with Crippen LogP contribution in [-0.2, 0) is 4.79 Å². The van der Waals surface area contributed by atoms with Crippen LogP contribution in [-0.4, -0.2) is 46.9 Å². The Morgan fingerprint density at radius 1 is 1.26 bits per heavy atom. The molecular weight excluding hydrogens is 236 g/mol. The van der Waals surface area contributed by atoms with Gasteiger partial charge in [-0.05, 0) is 46.5 Å². The number of fused-ring (bicyclic) bond motifs is 2. The Balaban J connectivity index is 2.08. The molecule has 0 aromatic rings. The fourth-order valence-corrected chi connectivity index (χ4v) is 3.78. The molecule has 2 aliphatic rings. The van der Waals surface area contributed by atoms with Crippen LogP contribution in [0.15, 0.2) is 11.6 Å². The van der Waals surface area contributed by atoms with Gasteiger partial charge in [-0.15, -0.1) is 0 Å². The quantitative estimate of drug-likeness (QED) is 0.732. The highest BCUT2D eigenvalue weighted by Gasteiger charge is 2.39. The Morgan fingerprint density at radius 3 is 2.58 bits per heavy atom. The van der Waals surface area contributed by atoms with Gasteiger partial charge in [-0.2, -0.15) is 0 Å². The molecule has 108 valence electrons. The van der Waals surface area contributed by atoms with E-state index in [4.69, 9.17) is 0 Å². The van der Waals surface area contributed by atoms with E-state index in [1.54, 1.807) is 0 Å². The first kappa shape index (κ1) is 14.6. The first-order valence-corrected chi connectivity index (χ1v) is 7.78. The molecular formula is C16H28N2O. The van der Waals surface area contributed by atoms with Gasteiger partial charge in [0.2, 0.25) is 5.91 Å². The molecule has 0 aromatic heterocycles. The Labute approximate surface area is 117 Å². The van der Waals surface area contributed by atoms with Crippen molar-refractivity contribution in [3.8, 4) is 0 Å². The van der Waals surface area contributed by atoms with E-state index in [9.17, 15) is 4.79 Å². The highest BCUT2D eigenvalue weighted by molar-refractivity contribution is 5.92. The minimum Gasteiger partial charge on any atom is -0.337 e. The Kier molecular flexibility index (Phi) is 4.67. The van der Waals surface area contributed by atoms with Gasteiger partial charge in [-0.1, -0.05) is 13.0 Å². The van der Waals surface area contributed by atoms with Crippen molar-refractivity contribution in [2.75, 3.05) is 13.1 Å². The van der Waals surface area contributed by atoms with E-state index in [-0.39, 0.29) is 5.91 Å². The molecule has 2 saturated heterocycles. The molecule has 0 N–H and O–H groups in total. The maximum Gasteiger partial charge on any atom is 0.249 e. The molecule has 0 aliphatic carbocycles. The van der Waals surface area contributed by atoms with Gasteiger partial charge in [0, 0.05) is 36.8 Å². The molecule has 2 atom stereocenters. The molecule has 3 nitrogen and oxygen atoms in total. The molecule has 2 fully saturated rings. The lowest BCUT2D eigenvalue weighted by Crippen LogP contribution is -2.44. The number of hydrogen-bond donors (Lipinski definition) is 0. The highest BCUT2D eigenvalue weighted by atomic mass is 16.2. The van der Waals surface area contributed by atoms with Crippen LogP contribution < -0.4 is 0 Å². The van der Waals surface area contributed by atoms with E-state index in [0.29, 0.717) is 18.1 Å². The second-order valence-corrected chi connectivity index (χ2v) is 6.26. The summed E-state index contributed by atoms with van der Waals surface area (Å²) < 4.78 is 0. The summed E-state index contributed by atoms with van der Waals surface area (Å²) in [5.41, 5.74) is 0.913. The third-order valence-corrected chi connectivity index (χ3v) is 4.57. The van der Waals surface area contributed by atoms with Gasteiger partial charge in [0.25, 0.3) is 0 Å². The molecule has 2 heterocycles. The molecule has 3 heteroatoms. The van der Waals surface area contributed by atoms with Gasteiger partial charge in [0.15, 0.2) is 0 Å². The zero-order valence-electron chi connectivity index (χ0n) is 12.9. The van der Waals surface area contributed by atoms with Crippen molar-refractivity contribution in [1.82, 2.24) is 9.80 Å². The number of carbonyl (C=O) groups is 1. The van der Waals surface area contributed by atoms with Crippen LogP contribution in [0.2, 0.25) is 0 Å². The van der Waals surface area contributed by atoms with E-state index in [1.165, 1.54) is 12.8 Å². The lowest BCUT2D eigenvalue weighted by atomic mass is 10.1.